The third kappa shape index (κ3) is 4.90. The van der Waals surface area contributed by atoms with E-state index in [0.717, 1.165) is 5.56 Å². The van der Waals surface area contributed by atoms with E-state index in [1.165, 1.54) is 22.0 Å². The fourth-order valence-electron chi connectivity index (χ4n) is 3.31. The van der Waals surface area contributed by atoms with E-state index in [0.29, 0.717) is 39.8 Å². The van der Waals surface area contributed by atoms with E-state index in [1.807, 2.05) is 30.3 Å². The molecule has 160 valence electrons. The topological polar surface area (TPSA) is 81.1 Å². The summed E-state index contributed by atoms with van der Waals surface area (Å²) in [5, 5.41) is 3.15. The number of benzene rings is 2. The maximum Gasteiger partial charge on any atom is 0.257 e. The molecule has 0 saturated carbocycles. The van der Waals surface area contributed by atoms with Gasteiger partial charge in [0.25, 0.3) is 11.5 Å². The highest BCUT2D eigenvalue weighted by Crippen LogP contribution is 2.25. The number of amides is 1. The fraction of sp³-hybridized carbons (Fsp3) is 0.120. The molecule has 0 saturated heterocycles. The summed E-state index contributed by atoms with van der Waals surface area (Å²) in [5.74, 6) is -0.309. The van der Waals surface area contributed by atoms with Gasteiger partial charge < -0.3 is 0 Å². The highest BCUT2D eigenvalue weighted by atomic mass is 32.1. The van der Waals surface area contributed by atoms with Crippen LogP contribution in [0.5, 0.6) is 0 Å². The van der Waals surface area contributed by atoms with Crippen LogP contribution >= 0.6 is 11.3 Å². The summed E-state index contributed by atoms with van der Waals surface area (Å²) in [5.41, 5.74) is 2.68. The van der Waals surface area contributed by atoms with Gasteiger partial charge in [-0.05, 0) is 49.2 Å². The molecular weight excluding hydrogens is 422 g/mol. The van der Waals surface area contributed by atoms with Gasteiger partial charge in [-0.1, -0.05) is 47.7 Å². The molecule has 7 heteroatoms. The Morgan fingerprint density at radius 2 is 1.69 bits per heavy atom. The molecule has 2 aromatic carbocycles. The van der Waals surface area contributed by atoms with Crippen LogP contribution in [0, 0.1) is 6.92 Å². The standard InChI is InChI=1S/C25H21N3O3S/c1-17-23(21(29)15-10-18-7-3-2-4-8-18)32-25(26-17)27-24(31)19-11-13-20(14-12-19)28-16-6-5-9-22(28)30/h2-9,11-14,16H,10,15H2,1H3,(H,26,27,31). The van der Waals surface area contributed by atoms with E-state index in [-0.39, 0.29) is 17.2 Å². The highest BCUT2D eigenvalue weighted by molar-refractivity contribution is 7.17. The Kier molecular flexibility index (Phi) is 6.37. The van der Waals surface area contributed by atoms with E-state index in [2.05, 4.69) is 10.3 Å². The number of pyridine rings is 1. The van der Waals surface area contributed by atoms with Crippen LogP contribution in [0.25, 0.3) is 5.69 Å². The average Bonchev–Trinajstić information content (AvgIpc) is 3.18. The van der Waals surface area contributed by atoms with Crippen LogP contribution in [0.4, 0.5) is 5.13 Å². The zero-order chi connectivity index (χ0) is 22.5. The van der Waals surface area contributed by atoms with Gasteiger partial charge in [0.05, 0.1) is 10.6 Å². The van der Waals surface area contributed by atoms with Gasteiger partial charge in [-0.3, -0.25) is 24.3 Å². The molecule has 32 heavy (non-hydrogen) atoms. The summed E-state index contributed by atoms with van der Waals surface area (Å²) >= 11 is 1.19. The molecular formula is C25H21N3O3S. The lowest BCUT2D eigenvalue weighted by Crippen LogP contribution is -2.16. The molecule has 2 aromatic heterocycles. The van der Waals surface area contributed by atoms with Gasteiger partial charge in [-0.25, -0.2) is 4.98 Å². The van der Waals surface area contributed by atoms with Gasteiger partial charge in [-0.2, -0.15) is 0 Å². The Balaban J connectivity index is 1.42. The minimum atomic E-state index is -0.325. The van der Waals surface area contributed by atoms with E-state index in [1.54, 1.807) is 49.5 Å². The van der Waals surface area contributed by atoms with Crippen LogP contribution in [0.2, 0.25) is 0 Å². The molecule has 0 atom stereocenters. The van der Waals surface area contributed by atoms with Crippen LogP contribution in [-0.4, -0.2) is 21.2 Å². The second-order valence-corrected chi connectivity index (χ2v) is 8.25. The molecule has 0 aliphatic heterocycles. The quantitative estimate of drug-likeness (QED) is 0.421. The first kappa shape index (κ1) is 21.4. The molecule has 1 amide bonds. The van der Waals surface area contributed by atoms with Crippen molar-refractivity contribution in [1.29, 1.82) is 0 Å². The molecule has 0 fully saturated rings. The van der Waals surface area contributed by atoms with Crippen molar-refractivity contribution in [3.63, 3.8) is 0 Å². The molecule has 2 heterocycles. The number of nitrogens with one attached hydrogen (secondary N) is 1. The normalized spacial score (nSPS) is 10.7. The lowest BCUT2D eigenvalue weighted by atomic mass is 10.1. The number of anilines is 1. The van der Waals surface area contributed by atoms with Crippen LogP contribution in [0.1, 0.15) is 37.7 Å². The van der Waals surface area contributed by atoms with Crippen LogP contribution in [-0.2, 0) is 6.42 Å². The number of hydrogen-bond acceptors (Lipinski definition) is 5. The molecule has 0 aliphatic carbocycles. The SMILES string of the molecule is Cc1nc(NC(=O)c2ccc(-n3ccccc3=O)cc2)sc1C(=O)CCc1ccccc1. The number of carbonyl (C=O) groups is 2. The fourth-order valence-corrected chi connectivity index (χ4v) is 4.24. The first-order chi connectivity index (χ1) is 15.5. The number of hydrogen-bond donors (Lipinski definition) is 1. The molecule has 4 rings (SSSR count). The smallest absolute Gasteiger partial charge is 0.257 e. The first-order valence-electron chi connectivity index (χ1n) is 10.2. The lowest BCUT2D eigenvalue weighted by molar-refractivity contribution is 0.0984. The molecule has 6 nitrogen and oxygen atoms in total. The van der Waals surface area contributed by atoms with Crippen molar-refractivity contribution in [3.8, 4) is 5.69 Å². The zero-order valence-corrected chi connectivity index (χ0v) is 18.3. The van der Waals surface area contributed by atoms with Crippen LogP contribution in [0.15, 0.2) is 83.8 Å². The number of carbonyl (C=O) groups excluding carboxylic acids is 2. The summed E-state index contributed by atoms with van der Waals surface area (Å²) in [6.45, 7) is 1.77. The number of aromatic nitrogens is 2. The second-order valence-electron chi connectivity index (χ2n) is 7.25. The molecule has 4 aromatic rings. The van der Waals surface area contributed by atoms with E-state index in [9.17, 15) is 14.4 Å². The van der Waals surface area contributed by atoms with Gasteiger partial charge >= 0.3 is 0 Å². The molecule has 0 radical (unpaired) electrons. The Morgan fingerprint density at radius 1 is 0.969 bits per heavy atom. The summed E-state index contributed by atoms with van der Waals surface area (Å²) in [6, 6.07) is 21.5. The average molecular weight is 444 g/mol. The molecule has 0 bridgehead atoms. The van der Waals surface area contributed by atoms with Gasteiger partial charge in [-0.15, -0.1) is 0 Å². The zero-order valence-electron chi connectivity index (χ0n) is 17.4. The molecule has 0 spiro atoms. The van der Waals surface area contributed by atoms with Gasteiger partial charge in [0.1, 0.15) is 0 Å². The molecule has 1 N–H and O–H groups in total. The lowest BCUT2D eigenvalue weighted by Gasteiger charge is -2.06. The Hall–Kier alpha value is -3.84. The van der Waals surface area contributed by atoms with E-state index >= 15 is 0 Å². The van der Waals surface area contributed by atoms with Gasteiger partial charge in [0.15, 0.2) is 10.9 Å². The Morgan fingerprint density at radius 3 is 2.41 bits per heavy atom. The first-order valence-corrected chi connectivity index (χ1v) is 11.0. The number of nitrogens with zero attached hydrogens (tertiary/aromatic N) is 2. The van der Waals surface area contributed by atoms with Crippen molar-refractivity contribution in [2.24, 2.45) is 0 Å². The third-order valence-electron chi connectivity index (χ3n) is 4.98. The number of thiazole rings is 1. The number of Topliss-reactive ketones (excluding diaryl/α,β-unsaturated/α-hetero) is 1. The van der Waals surface area contributed by atoms with Gasteiger partial charge in [0.2, 0.25) is 0 Å². The van der Waals surface area contributed by atoms with Crippen molar-refractivity contribution in [2.75, 3.05) is 5.32 Å². The summed E-state index contributed by atoms with van der Waals surface area (Å²) < 4.78 is 1.50. The summed E-state index contributed by atoms with van der Waals surface area (Å²) in [6.07, 6.45) is 2.72. The summed E-state index contributed by atoms with van der Waals surface area (Å²) in [7, 11) is 0. The van der Waals surface area contributed by atoms with Crippen molar-refractivity contribution >= 4 is 28.2 Å². The van der Waals surface area contributed by atoms with Crippen molar-refractivity contribution in [2.45, 2.75) is 19.8 Å². The number of aryl methyl sites for hydroxylation is 2. The third-order valence-corrected chi connectivity index (χ3v) is 6.10. The monoisotopic (exact) mass is 443 g/mol. The number of ketones is 1. The maximum atomic E-state index is 12.6. The Bertz CT molecular complexity index is 1310. The Labute approximate surface area is 189 Å². The predicted octanol–water partition coefficient (Wildman–Crippen LogP) is 4.67. The largest absolute Gasteiger partial charge is 0.298 e. The van der Waals surface area contributed by atoms with Crippen molar-refractivity contribution in [3.05, 3.63) is 111 Å². The number of rotatable bonds is 7. The van der Waals surface area contributed by atoms with Crippen LogP contribution < -0.4 is 10.9 Å². The molecule has 0 unspecified atom stereocenters. The van der Waals surface area contributed by atoms with Crippen LogP contribution in [0.3, 0.4) is 0 Å². The minimum absolute atomic E-state index is 0.0157. The van der Waals surface area contributed by atoms with Crippen molar-refractivity contribution in [1.82, 2.24) is 9.55 Å². The van der Waals surface area contributed by atoms with E-state index < -0.39 is 0 Å². The summed E-state index contributed by atoms with van der Waals surface area (Å²) in [4.78, 5) is 42.1. The minimum Gasteiger partial charge on any atom is -0.298 e. The maximum absolute atomic E-state index is 12.6. The molecule has 0 aliphatic rings. The van der Waals surface area contributed by atoms with Crippen molar-refractivity contribution < 1.29 is 9.59 Å². The predicted molar refractivity (Wildman–Crippen MR) is 126 cm³/mol. The van der Waals surface area contributed by atoms with E-state index in [4.69, 9.17) is 0 Å². The van der Waals surface area contributed by atoms with Gasteiger partial charge in [0, 0.05) is 29.9 Å². The highest BCUT2D eigenvalue weighted by Gasteiger charge is 2.17. The second kappa shape index (κ2) is 9.53.